The van der Waals surface area contributed by atoms with E-state index in [1.54, 1.807) is 24.3 Å². The zero-order valence-electron chi connectivity index (χ0n) is 22.8. The molecule has 0 spiro atoms. The fourth-order valence-corrected chi connectivity index (χ4v) is 4.24. The average molecular weight is 617 g/mol. The third-order valence-electron chi connectivity index (χ3n) is 6.43. The Balaban J connectivity index is 1.59. The summed E-state index contributed by atoms with van der Waals surface area (Å²) in [7, 11) is 0.791. The standard InChI is InChI=1S/C29H24F4N4O7/c1-44-26-24(32)22(30)18(23(31)25(26)33)13-37-20(28(40)41)11-19(34-37)27(39)35-36(14-21(38)29(42)43)12-15-7-9-17(10-8-15)16-5-3-2-4-6-16/h2-11,21,38H,12-14H2,1H3,(H,35,39)(H,40,41)(H,42,43). The Morgan fingerprint density at radius 3 is 2.07 bits per heavy atom. The summed E-state index contributed by atoms with van der Waals surface area (Å²) >= 11 is 0. The Hall–Kier alpha value is -5.28. The molecule has 0 saturated heterocycles. The van der Waals surface area contributed by atoms with Gasteiger partial charge in [0.1, 0.15) is 5.69 Å². The van der Waals surface area contributed by atoms with Gasteiger partial charge in [-0.2, -0.15) is 13.9 Å². The number of ether oxygens (including phenoxy) is 1. The SMILES string of the molecule is COc1c(F)c(F)c(Cn2nc(C(=O)NN(Cc3ccc(-c4ccccc4)cc3)CC(O)C(=O)O)cc2C(=O)O)c(F)c1F. The van der Waals surface area contributed by atoms with E-state index in [9.17, 15) is 47.3 Å². The number of aliphatic hydroxyl groups excluding tert-OH is 1. The first-order valence-electron chi connectivity index (χ1n) is 12.7. The van der Waals surface area contributed by atoms with Gasteiger partial charge in [-0.05, 0) is 16.7 Å². The van der Waals surface area contributed by atoms with Crippen LogP contribution in [0, 0.1) is 23.3 Å². The Labute approximate surface area is 246 Å². The van der Waals surface area contributed by atoms with E-state index in [4.69, 9.17) is 0 Å². The minimum Gasteiger partial charge on any atom is -0.491 e. The van der Waals surface area contributed by atoms with Crippen molar-refractivity contribution in [3.05, 3.63) is 106 Å². The Morgan fingerprint density at radius 2 is 1.52 bits per heavy atom. The van der Waals surface area contributed by atoms with Crippen LogP contribution >= 0.6 is 0 Å². The molecule has 0 fully saturated rings. The number of carbonyl (C=O) groups excluding carboxylic acids is 1. The summed E-state index contributed by atoms with van der Waals surface area (Å²) in [6, 6.07) is 17.2. The Kier molecular flexibility index (Phi) is 9.60. The van der Waals surface area contributed by atoms with E-state index in [2.05, 4.69) is 15.3 Å². The molecule has 4 aromatic rings. The average Bonchev–Trinajstić information content (AvgIpc) is 3.44. The van der Waals surface area contributed by atoms with E-state index in [1.165, 1.54) is 0 Å². The second kappa shape index (κ2) is 13.4. The molecule has 1 unspecified atom stereocenters. The third-order valence-corrected chi connectivity index (χ3v) is 6.43. The maximum Gasteiger partial charge on any atom is 0.354 e. The van der Waals surface area contributed by atoms with Crippen molar-refractivity contribution in [1.82, 2.24) is 20.2 Å². The van der Waals surface area contributed by atoms with Crippen LogP contribution in [0.3, 0.4) is 0 Å². The van der Waals surface area contributed by atoms with Gasteiger partial charge in [-0.1, -0.05) is 54.6 Å². The van der Waals surface area contributed by atoms with Gasteiger partial charge in [0.25, 0.3) is 5.91 Å². The van der Waals surface area contributed by atoms with Gasteiger partial charge in [0.15, 0.2) is 29.2 Å². The van der Waals surface area contributed by atoms with Gasteiger partial charge in [0.05, 0.1) is 25.8 Å². The van der Waals surface area contributed by atoms with Crippen molar-refractivity contribution in [2.75, 3.05) is 13.7 Å². The van der Waals surface area contributed by atoms with Crippen LogP contribution in [0.15, 0.2) is 60.7 Å². The smallest absolute Gasteiger partial charge is 0.354 e. The highest BCUT2D eigenvalue weighted by Gasteiger charge is 2.29. The van der Waals surface area contributed by atoms with Crippen LogP contribution in [0.2, 0.25) is 0 Å². The number of rotatable bonds is 12. The molecule has 0 saturated carbocycles. The van der Waals surface area contributed by atoms with Crippen LogP contribution in [-0.4, -0.2) is 67.7 Å². The number of carboxylic acid groups (broad SMARTS) is 2. The summed E-state index contributed by atoms with van der Waals surface area (Å²) in [5.41, 5.74) is 2.16. The molecule has 1 aromatic heterocycles. The molecule has 0 bridgehead atoms. The van der Waals surface area contributed by atoms with E-state index in [0.29, 0.717) is 10.2 Å². The van der Waals surface area contributed by atoms with Crippen molar-refractivity contribution in [2.24, 2.45) is 0 Å². The predicted molar refractivity (Wildman–Crippen MR) is 145 cm³/mol. The van der Waals surface area contributed by atoms with Gasteiger partial charge >= 0.3 is 11.9 Å². The van der Waals surface area contributed by atoms with Crippen molar-refractivity contribution >= 4 is 17.8 Å². The molecule has 4 rings (SSSR count). The fourth-order valence-electron chi connectivity index (χ4n) is 4.24. The number of halogens is 4. The molecule has 0 aliphatic carbocycles. The molecule has 0 aliphatic heterocycles. The van der Waals surface area contributed by atoms with Gasteiger partial charge < -0.3 is 20.1 Å². The predicted octanol–water partition coefficient (Wildman–Crippen LogP) is 3.45. The summed E-state index contributed by atoms with van der Waals surface area (Å²) in [4.78, 5) is 36.2. The molecular weight excluding hydrogens is 592 g/mol. The number of aromatic carboxylic acids is 1. The Bertz CT molecular complexity index is 1670. The van der Waals surface area contributed by atoms with Crippen LogP contribution in [-0.2, 0) is 17.9 Å². The lowest BCUT2D eigenvalue weighted by atomic mass is 10.0. The number of aliphatic carboxylic acids is 1. The molecule has 15 heteroatoms. The molecule has 11 nitrogen and oxygen atoms in total. The first-order valence-corrected chi connectivity index (χ1v) is 12.7. The van der Waals surface area contributed by atoms with Crippen molar-refractivity contribution in [3.63, 3.8) is 0 Å². The highest BCUT2D eigenvalue weighted by molar-refractivity contribution is 5.95. The van der Waals surface area contributed by atoms with Crippen molar-refractivity contribution in [2.45, 2.75) is 19.2 Å². The molecular formula is C29H24F4N4O7. The lowest BCUT2D eigenvalue weighted by Gasteiger charge is -2.24. The van der Waals surface area contributed by atoms with Crippen LogP contribution in [0.1, 0.15) is 32.1 Å². The van der Waals surface area contributed by atoms with Crippen LogP contribution in [0.25, 0.3) is 11.1 Å². The molecule has 0 aliphatic rings. The third kappa shape index (κ3) is 6.85. The molecule has 4 N–H and O–H groups in total. The van der Waals surface area contributed by atoms with E-state index >= 15 is 0 Å². The minimum atomic E-state index is -1.93. The minimum absolute atomic E-state index is 0.113. The number of methoxy groups -OCH3 is 1. The van der Waals surface area contributed by atoms with Gasteiger partial charge in [-0.3, -0.25) is 14.9 Å². The lowest BCUT2D eigenvalue weighted by molar-refractivity contribution is -0.148. The highest BCUT2D eigenvalue weighted by Crippen LogP contribution is 2.30. The fraction of sp³-hybridized carbons (Fsp3) is 0.172. The summed E-state index contributed by atoms with van der Waals surface area (Å²) in [5, 5.41) is 33.5. The van der Waals surface area contributed by atoms with Crippen LogP contribution in [0.4, 0.5) is 17.6 Å². The van der Waals surface area contributed by atoms with E-state index in [0.717, 1.165) is 29.3 Å². The maximum atomic E-state index is 14.6. The number of nitrogens with zero attached hydrogens (tertiary/aromatic N) is 3. The molecule has 3 aromatic carbocycles. The quantitative estimate of drug-likeness (QED) is 0.106. The molecule has 44 heavy (non-hydrogen) atoms. The lowest BCUT2D eigenvalue weighted by Crippen LogP contribution is -2.47. The zero-order chi connectivity index (χ0) is 32.1. The number of hydrogen-bond acceptors (Lipinski definition) is 7. The van der Waals surface area contributed by atoms with Gasteiger partial charge in [-0.25, -0.2) is 23.4 Å². The zero-order valence-corrected chi connectivity index (χ0v) is 22.8. The van der Waals surface area contributed by atoms with Gasteiger partial charge in [-0.15, -0.1) is 0 Å². The summed E-state index contributed by atoms with van der Waals surface area (Å²) < 4.78 is 62.3. The number of benzene rings is 3. The summed E-state index contributed by atoms with van der Waals surface area (Å²) in [6.45, 7) is -1.84. The number of aromatic nitrogens is 2. The molecule has 1 heterocycles. The van der Waals surface area contributed by atoms with Crippen molar-refractivity contribution in [3.8, 4) is 16.9 Å². The number of carboxylic acids is 2. The van der Waals surface area contributed by atoms with E-state index in [1.807, 2.05) is 30.3 Å². The van der Waals surface area contributed by atoms with Gasteiger partial charge in [0, 0.05) is 12.6 Å². The number of carbonyl (C=O) groups is 3. The van der Waals surface area contributed by atoms with E-state index in [-0.39, 0.29) is 6.54 Å². The number of nitrogens with one attached hydrogen (secondary N) is 1. The van der Waals surface area contributed by atoms with Crippen molar-refractivity contribution < 1.29 is 52.0 Å². The van der Waals surface area contributed by atoms with Crippen LogP contribution in [0.5, 0.6) is 5.75 Å². The highest BCUT2D eigenvalue weighted by atomic mass is 19.2. The molecule has 230 valence electrons. The second-order valence-corrected chi connectivity index (χ2v) is 9.38. The van der Waals surface area contributed by atoms with Gasteiger partial charge in [0.2, 0.25) is 11.6 Å². The monoisotopic (exact) mass is 616 g/mol. The molecule has 0 radical (unpaired) electrons. The summed E-state index contributed by atoms with van der Waals surface area (Å²) in [6.07, 6.45) is -1.93. The van der Waals surface area contributed by atoms with Crippen molar-refractivity contribution in [1.29, 1.82) is 0 Å². The number of hydrogen-bond donors (Lipinski definition) is 4. The summed E-state index contributed by atoms with van der Waals surface area (Å²) in [5.74, 6) is -13.1. The first-order chi connectivity index (χ1) is 20.9. The topological polar surface area (TPSA) is 154 Å². The first kappa shape index (κ1) is 31.7. The number of amides is 1. The normalized spacial score (nSPS) is 11.8. The second-order valence-electron chi connectivity index (χ2n) is 9.38. The van der Waals surface area contributed by atoms with E-state index < -0.39 is 83.0 Å². The molecule has 1 atom stereocenters. The number of hydrazine groups is 1. The largest absolute Gasteiger partial charge is 0.491 e. The molecule has 1 amide bonds. The maximum absolute atomic E-state index is 14.6. The number of aliphatic hydroxyl groups is 1. The van der Waals surface area contributed by atoms with Crippen LogP contribution < -0.4 is 10.2 Å². The Morgan fingerprint density at radius 1 is 0.932 bits per heavy atom.